The third kappa shape index (κ3) is 14.1. The lowest BCUT2D eigenvalue weighted by molar-refractivity contribution is -0.143. The van der Waals surface area contributed by atoms with Gasteiger partial charge in [-0.15, -0.1) is 11.8 Å². The number of fused-ring (bicyclic) bond motifs is 3. The Bertz CT molecular complexity index is 5350. The molecule has 16 rings (SSSR count). The number of aromatic nitrogens is 16. The van der Waals surface area contributed by atoms with E-state index < -0.39 is 126 Å². The molecule has 12 N–H and O–H groups in total. The number of ether oxygens (including phenoxy) is 12. The first-order valence-corrected chi connectivity index (χ1v) is 36.5. The summed E-state index contributed by atoms with van der Waals surface area (Å²) in [5.41, 5.74) is 24.9. The van der Waals surface area contributed by atoms with E-state index in [4.69, 9.17) is 84.8 Å². The number of hydrogen-bond donors (Lipinski definition) is 8. The third-order valence-electron chi connectivity index (χ3n) is 20.5. The largest absolute Gasteiger partial charge is 0.497 e. The van der Waals surface area contributed by atoms with E-state index in [0.29, 0.717) is 50.0 Å². The molecule has 13 heterocycles. The van der Waals surface area contributed by atoms with Crippen LogP contribution in [-0.2, 0) is 53.0 Å². The van der Waals surface area contributed by atoms with E-state index >= 15 is 0 Å². The topological polar surface area (TPSA) is 496 Å². The lowest BCUT2D eigenvalue weighted by Crippen LogP contribution is -2.43. The highest BCUT2D eigenvalue weighted by Crippen LogP contribution is 2.45. The van der Waals surface area contributed by atoms with Gasteiger partial charge in [-0.05, 0) is 60.2 Å². The van der Waals surface area contributed by atoms with Gasteiger partial charge in [0.2, 0.25) is 11.9 Å². The molecule has 16 unspecified atom stereocenters. The Morgan fingerprint density at radius 3 is 1.69 bits per heavy atom. The highest BCUT2D eigenvalue weighted by Gasteiger charge is 2.51. The van der Waals surface area contributed by atoms with Crippen molar-refractivity contribution < 1.29 is 67.1 Å². The van der Waals surface area contributed by atoms with E-state index in [1.54, 1.807) is 47.5 Å². The zero-order valence-electron chi connectivity index (χ0n) is 59.6. The van der Waals surface area contributed by atoms with Crippen LogP contribution in [0.3, 0.4) is 0 Å². The fourth-order valence-electron chi connectivity index (χ4n) is 15.0. The highest BCUT2D eigenvalue weighted by atomic mass is 32.2. The van der Waals surface area contributed by atoms with Gasteiger partial charge in [0.15, 0.2) is 34.5 Å². The summed E-state index contributed by atoms with van der Waals surface area (Å²) in [6.07, 6.45) is -4.88. The molecule has 5 fully saturated rings. The minimum absolute atomic E-state index is 0.0112. The minimum atomic E-state index is -1.55. The van der Waals surface area contributed by atoms with Crippen molar-refractivity contribution in [3.63, 3.8) is 0 Å². The van der Waals surface area contributed by atoms with Crippen molar-refractivity contribution in [2.75, 3.05) is 76.4 Å². The zero-order valence-corrected chi connectivity index (χ0v) is 60.4. The van der Waals surface area contributed by atoms with Crippen LogP contribution in [0.25, 0.3) is 33.5 Å². The summed E-state index contributed by atoms with van der Waals surface area (Å²) in [5.74, 6) is 1.18. The zero-order chi connectivity index (χ0) is 76.2. The van der Waals surface area contributed by atoms with Crippen molar-refractivity contribution in [2.24, 2.45) is 0 Å². The van der Waals surface area contributed by atoms with Gasteiger partial charge in [0.1, 0.15) is 113 Å². The first kappa shape index (κ1) is 73.5. The van der Waals surface area contributed by atoms with Gasteiger partial charge in [-0.3, -0.25) is 42.4 Å². The van der Waals surface area contributed by atoms with Gasteiger partial charge in [0.25, 0.3) is 11.1 Å². The number of rotatable bonds is 26. The van der Waals surface area contributed by atoms with Crippen molar-refractivity contribution in [3.8, 4) is 11.5 Å². The van der Waals surface area contributed by atoms with Crippen LogP contribution in [0.15, 0.2) is 147 Å². The van der Waals surface area contributed by atoms with Gasteiger partial charge in [-0.25, -0.2) is 39.5 Å². The molecule has 0 bridgehead atoms. The molecule has 8 aromatic heterocycles. The maximum Gasteiger partial charge on any atom is 0.351 e. The molecule has 0 spiro atoms. The summed E-state index contributed by atoms with van der Waals surface area (Å²) in [6, 6.07) is 26.0. The number of benzene rings is 3. The molecule has 39 heteroatoms. The quantitative estimate of drug-likeness (QED) is 0.0219. The Morgan fingerprint density at radius 1 is 0.545 bits per heavy atom. The Balaban J connectivity index is 0.706. The second-order valence-corrected chi connectivity index (χ2v) is 27.9. The summed E-state index contributed by atoms with van der Waals surface area (Å²) >= 11 is 1.35. The summed E-state index contributed by atoms with van der Waals surface area (Å²) in [7, 11) is 3.16. The molecule has 5 aliphatic heterocycles. The molecular formula is C71H78N20O18S. The molecule has 11 aromatic rings. The van der Waals surface area contributed by atoms with Crippen LogP contribution in [0, 0.1) is 6.92 Å². The first-order chi connectivity index (χ1) is 53.3. The third-order valence-corrected chi connectivity index (χ3v) is 21.2. The number of H-pyrrole nitrogens is 2. The normalized spacial score (nSPS) is 26.3. The number of nitrogens with two attached hydrogens (primary N) is 4. The molecule has 16 atom stereocenters. The van der Waals surface area contributed by atoms with E-state index in [2.05, 4.69) is 49.8 Å². The maximum atomic E-state index is 13.7. The van der Waals surface area contributed by atoms with Crippen LogP contribution in [0.1, 0.15) is 79.1 Å². The summed E-state index contributed by atoms with van der Waals surface area (Å²) < 4.78 is 87.4. The van der Waals surface area contributed by atoms with Crippen LogP contribution in [0.5, 0.6) is 11.5 Å². The van der Waals surface area contributed by atoms with Gasteiger partial charge in [-0.2, -0.15) is 15.0 Å². The number of nitrogens with zero attached hydrogens (tertiary/aromatic N) is 14. The van der Waals surface area contributed by atoms with Crippen LogP contribution in [0.4, 0.5) is 23.5 Å². The predicted octanol–water partition coefficient (Wildman–Crippen LogP) is 2.30. The second-order valence-electron chi connectivity index (χ2n) is 27.1. The lowest BCUT2D eigenvalue weighted by atomic mass is 9.80. The molecule has 0 amide bonds. The Hall–Kier alpha value is -10.7. The fraction of sp³-hybridized carbons (Fsp3) is 0.423. The molecule has 0 aliphatic carbocycles. The monoisotopic (exact) mass is 1530 g/mol. The minimum Gasteiger partial charge on any atom is -0.497 e. The molecule has 38 nitrogen and oxygen atoms in total. The molecule has 3 aromatic carbocycles. The van der Waals surface area contributed by atoms with Crippen LogP contribution in [0.2, 0.25) is 0 Å². The van der Waals surface area contributed by atoms with Gasteiger partial charge >= 0.3 is 11.4 Å². The number of anilines is 4. The maximum absolute atomic E-state index is 13.7. The van der Waals surface area contributed by atoms with Gasteiger partial charge in [0, 0.05) is 43.6 Å². The molecule has 576 valence electrons. The van der Waals surface area contributed by atoms with Crippen LogP contribution in [-0.4, -0.2) is 209 Å². The van der Waals surface area contributed by atoms with Crippen molar-refractivity contribution in [2.45, 2.75) is 142 Å². The second kappa shape index (κ2) is 30.7. The predicted molar refractivity (Wildman–Crippen MR) is 390 cm³/mol. The number of nitrogen functional groups attached to an aromatic ring is 4. The van der Waals surface area contributed by atoms with E-state index in [0.717, 1.165) is 10.1 Å². The standard InChI is InChI=1S/C71H78N20O18S/c1-34-24-88(70(97)85-63(34)94)50-20-40(92)44(105-50)25-100-41-22-52(90-32-79-55-61(90)82-67(74)84-64(55)95)106-45(41)26-101-42-23-53(91-33-80-56-62(91)83-68(75)86-65(56)110-4)107-46(42)27-102-43-21-51(89-31-78-54-59(73)76-30-77-60(54)89)108-47(43)28-103-58-48(109-66(57(58)93)87-19-18-49(72)81-69(87)96)29-104-71(35-8-6-5-7-9-35,36-10-14-38(98-2)15-11-36)37-12-16-39(99-3)17-13-37/h5-19,24,30-33,40-48,50-53,57-58,66,92-93H,20-23,25-29H2,1-4H3,(H2,72,81,96)(H2,73,76,77)(H2,75,83,86)(H,85,94,97)(H3,74,82,84,95). The van der Waals surface area contributed by atoms with E-state index in [-0.39, 0.29) is 99.0 Å². The number of hydrogen-bond acceptors (Lipinski definition) is 32. The molecule has 5 saturated heterocycles. The van der Waals surface area contributed by atoms with Crippen molar-refractivity contribution >= 4 is 68.8 Å². The van der Waals surface area contributed by atoms with Gasteiger partial charge < -0.3 is 90.0 Å². The fourth-order valence-corrected chi connectivity index (χ4v) is 15.5. The number of methoxy groups -OCH3 is 2. The van der Waals surface area contributed by atoms with Gasteiger partial charge in [-0.1, -0.05) is 54.6 Å². The summed E-state index contributed by atoms with van der Waals surface area (Å²) in [5, 5.41) is 24.6. The van der Waals surface area contributed by atoms with Crippen molar-refractivity contribution in [1.82, 2.24) is 77.7 Å². The molecule has 0 saturated carbocycles. The Labute approximate surface area is 626 Å². The SMILES string of the molecule is COc1ccc(C(OCC2OC(n3ccc(N)nc3=O)C(O)C2OCC2OC(n3cnc4c(N)ncnc43)CC2OCC2OC(n3cnc4c(SC)nc(N)nc43)CC2OCC2OC(n3cnc4c(=O)[nH]c(N)nc43)CC2OCC2OC(n3cc(C)c(=O)[nH]c3=O)CC2O)(c2ccccc2)c2ccc(OC)cc2)cc1. The number of aromatic amines is 2. The molecule has 110 heavy (non-hydrogen) atoms. The molecule has 0 radical (unpaired) electrons. The van der Waals surface area contributed by atoms with Crippen LogP contribution >= 0.6 is 11.8 Å². The van der Waals surface area contributed by atoms with E-state index in [9.17, 15) is 29.4 Å². The number of aliphatic hydroxyl groups excluding tert-OH is 2. The lowest BCUT2D eigenvalue weighted by Gasteiger charge is -2.37. The average Bonchev–Trinajstić information content (AvgIpc) is 1.15. The van der Waals surface area contributed by atoms with E-state index in [1.807, 2.05) is 85.1 Å². The smallest absolute Gasteiger partial charge is 0.351 e. The first-order valence-electron chi connectivity index (χ1n) is 35.3. The van der Waals surface area contributed by atoms with Gasteiger partial charge in [0.05, 0.1) is 90.7 Å². The molecule has 5 aliphatic rings. The number of nitrogens with one attached hydrogen (secondary N) is 2. The highest BCUT2D eigenvalue weighted by molar-refractivity contribution is 7.98. The number of imidazole rings is 3. The number of thioether (sulfide) groups is 1. The number of aliphatic hydroxyl groups is 2. The van der Waals surface area contributed by atoms with Crippen molar-refractivity contribution in [1.29, 1.82) is 0 Å². The molecular weight excluding hydrogens is 1450 g/mol. The van der Waals surface area contributed by atoms with Crippen LogP contribution < -0.4 is 54.9 Å². The van der Waals surface area contributed by atoms with E-state index in [1.165, 1.54) is 47.4 Å². The average molecular weight is 1530 g/mol. The summed E-state index contributed by atoms with van der Waals surface area (Å²) in [6.45, 7) is 0.563. The van der Waals surface area contributed by atoms with Crippen molar-refractivity contribution in [3.05, 3.63) is 187 Å². The number of aryl methyl sites for hydroxylation is 1. The summed E-state index contributed by atoms with van der Waals surface area (Å²) in [4.78, 5) is 96.5. The Morgan fingerprint density at radius 2 is 1.09 bits per heavy atom. The Kier molecular flexibility index (Phi) is 20.5.